The molecule has 0 aromatic carbocycles. The molecule has 86 valence electrons. The molecule has 1 N–H and O–H groups in total. The summed E-state index contributed by atoms with van der Waals surface area (Å²) in [6.45, 7) is 2.00. The van der Waals surface area contributed by atoms with Crippen LogP contribution >= 0.6 is 0 Å². The Morgan fingerprint density at radius 2 is 1.67 bits per heavy atom. The minimum atomic E-state index is 0.768. The summed E-state index contributed by atoms with van der Waals surface area (Å²) in [5.41, 5.74) is 0. The maximum absolute atomic E-state index is 5.61. The Labute approximate surface area is 92.8 Å². The predicted octanol–water partition coefficient (Wildman–Crippen LogP) is 2.33. The van der Waals surface area contributed by atoms with Gasteiger partial charge in [0.2, 0.25) is 0 Å². The Morgan fingerprint density at radius 3 is 2.53 bits per heavy atom. The van der Waals surface area contributed by atoms with E-state index in [0.29, 0.717) is 0 Å². The zero-order chi connectivity index (χ0) is 10.1. The second-order valence-electron chi connectivity index (χ2n) is 5.63. The number of hydrogen-bond donors (Lipinski definition) is 1. The molecule has 3 aliphatic rings. The third kappa shape index (κ3) is 2.07. The summed E-state index contributed by atoms with van der Waals surface area (Å²) in [6, 6.07) is 1.62. The van der Waals surface area contributed by atoms with Gasteiger partial charge in [-0.15, -0.1) is 0 Å². The number of ether oxygens (including phenoxy) is 1. The zero-order valence-electron chi connectivity index (χ0n) is 9.58. The minimum absolute atomic E-state index is 0.768. The molecule has 2 heterocycles. The average molecular weight is 209 g/mol. The van der Waals surface area contributed by atoms with Gasteiger partial charge in [0.15, 0.2) is 0 Å². The van der Waals surface area contributed by atoms with Gasteiger partial charge < -0.3 is 10.1 Å². The van der Waals surface area contributed by atoms with Gasteiger partial charge in [-0.25, -0.2) is 0 Å². The first-order valence-electron chi connectivity index (χ1n) is 6.77. The molecule has 0 aromatic rings. The molecule has 0 radical (unpaired) electrons. The van der Waals surface area contributed by atoms with E-state index in [0.717, 1.165) is 37.1 Å². The topological polar surface area (TPSA) is 21.3 Å². The van der Waals surface area contributed by atoms with Crippen LogP contribution in [0.4, 0.5) is 0 Å². The van der Waals surface area contributed by atoms with Gasteiger partial charge in [0.05, 0.1) is 6.61 Å². The number of fused-ring (bicyclic) bond motifs is 1. The molecule has 15 heavy (non-hydrogen) atoms. The molecule has 1 saturated carbocycles. The lowest BCUT2D eigenvalue weighted by Gasteiger charge is -2.39. The minimum Gasteiger partial charge on any atom is -0.381 e. The molecule has 0 aromatic heterocycles. The monoisotopic (exact) mass is 209 g/mol. The molecule has 4 unspecified atom stereocenters. The van der Waals surface area contributed by atoms with E-state index in [9.17, 15) is 0 Å². The van der Waals surface area contributed by atoms with Crippen molar-refractivity contribution in [2.24, 2.45) is 11.8 Å². The highest BCUT2D eigenvalue weighted by Crippen LogP contribution is 2.36. The molecule has 2 nitrogen and oxygen atoms in total. The summed E-state index contributed by atoms with van der Waals surface area (Å²) >= 11 is 0. The van der Waals surface area contributed by atoms with E-state index >= 15 is 0 Å². The number of nitrogens with one attached hydrogen (secondary N) is 1. The van der Waals surface area contributed by atoms with Crippen molar-refractivity contribution in [3.05, 3.63) is 0 Å². The van der Waals surface area contributed by atoms with Gasteiger partial charge in [-0.1, -0.05) is 6.42 Å². The number of rotatable bonds is 1. The fourth-order valence-corrected chi connectivity index (χ4v) is 3.81. The van der Waals surface area contributed by atoms with Crippen molar-refractivity contribution in [2.45, 2.75) is 57.0 Å². The lowest BCUT2D eigenvalue weighted by molar-refractivity contribution is 0.0282. The Morgan fingerprint density at radius 1 is 0.800 bits per heavy atom. The quantitative estimate of drug-likeness (QED) is 0.715. The first-order chi connectivity index (χ1) is 7.43. The third-order valence-corrected chi connectivity index (χ3v) is 4.70. The molecule has 0 amide bonds. The largest absolute Gasteiger partial charge is 0.381 e. The maximum atomic E-state index is 5.61. The molecule has 2 heteroatoms. The van der Waals surface area contributed by atoms with E-state index in [1.807, 2.05) is 0 Å². The predicted molar refractivity (Wildman–Crippen MR) is 60.8 cm³/mol. The highest BCUT2D eigenvalue weighted by molar-refractivity contribution is 4.93. The average Bonchev–Trinajstić information content (AvgIpc) is 2.77. The zero-order valence-corrected chi connectivity index (χ0v) is 9.58. The summed E-state index contributed by atoms with van der Waals surface area (Å²) in [4.78, 5) is 0. The van der Waals surface area contributed by atoms with E-state index in [-0.39, 0.29) is 0 Å². The van der Waals surface area contributed by atoms with Crippen molar-refractivity contribution < 1.29 is 4.74 Å². The van der Waals surface area contributed by atoms with Crippen LogP contribution in [0.1, 0.15) is 44.9 Å². The van der Waals surface area contributed by atoms with Crippen molar-refractivity contribution >= 4 is 0 Å². The lowest BCUT2D eigenvalue weighted by Crippen LogP contribution is -2.50. The molecule has 4 atom stereocenters. The maximum Gasteiger partial charge on any atom is 0.0509 e. The first kappa shape index (κ1) is 10.1. The Kier molecular flexibility index (Phi) is 2.98. The van der Waals surface area contributed by atoms with Gasteiger partial charge in [0.25, 0.3) is 0 Å². The third-order valence-electron chi connectivity index (χ3n) is 4.70. The van der Waals surface area contributed by atoms with E-state index < -0.39 is 0 Å². The van der Waals surface area contributed by atoms with Crippen LogP contribution in [0.3, 0.4) is 0 Å². The molecule has 2 saturated heterocycles. The molecule has 3 rings (SSSR count). The van der Waals surface area contributed by atoms with E-state index in [2.05, 4.69) is 5.32 Å². The molecule has 0 spiro atoms. The Balaban J connectivity index is 1.58. The lowest BCUT2D eigenvalue weighted by atomic mass is 9.82. The number of hydrogen-bond acceptors (Lipinski definition) is 2. The van der Waals surface area contributed by atoms with Crippen molar-refractivity contribution in [2.75, 3.05) is 13.2 Å². The molecule has 1 aliphatic carbocycles. The standard InChI is InChI=1S/C13H23NO/c1-3-10-6-7-13(14-12(10)5-1)11-4-2-8-15-9-11/h10-14H,1-9H2. The highest BCUT2D eigenvalue weighted by atomic mass is 16.5. The Bertz CT molecular complexity index is 213. The van der Waals surface area contributed by atoms with Crippen LogP contribution in [0.15, 0.2) is 0 Å². The molecular formula is C13H23NO. The fourth-order valence-electron chi connectivity index (χ4n) is 3.81. The first-order valence-corrected chi connectivity index (χ1v) is 6.77. The van der Waals surface area contributed by atoms with Crippen molar-refractivity contribution in [3.63, 3.8) is 0 Å². The molecule has 0 bridgehead atoms. The van der Waals surface area contributed by atoms with Crippen LogP contribution in [0, 0.1) is 11.8 Å². The van der Waals surface area contributed by atoms with Crippen LogP contribution in [0.5, 0.6) is 0 Å². The van der Waals surface area contributed by atoms with Gasteiger partial charge in [0, 0.05) is 18.7 Å². The van der Waals surface area contributed by atoms with Crippen LogP contribution in [-0.4, -0.2) is 25.3 Å². The van der Waals surface area contributed by atoms with Crippen molar-refractivity contribution in [3.8, 4) is 0 Å². The van der Waals surface area contributed by atoms with Crippen molar-refractivity contribution in [1.29, 1.82) is 0 Å². The van der Waals surface area contributed by atoms with Gasteiger partial charge in [-0.3, -0.25) is 0 Å². The highest BCUT2D eigenvalue weighted by Gasteiger charge is 2.36. The van der Waals surface area contributed by atoms with E-state index in [1.54, 1.807) is 0 Å². The second-order valence-corrected chi connectivity index (χ2v) is 5.63. The van der Waals surface area contributed by atoms with Crippen LogP contribution in [0.25, 0.3) is 0 Å². The van der Waals surface area contributed by atoms with E-state index in [4.69, 9.17) is 4.74 Å². The van der Waals surface area contributed by atoms with Gasteiger partial charge >= 0.3 is 0 Å². The summed E-state index contributed by atoms with van der Waals surface area (Å²) in [7, 11) is 0. The van der Waals surface area contributed by atoms with Crippen LogP contribution in [-0.2, 0) is 4.74 Å². The van der Waals surface area contributed by atoms with E-state index in [1.165, 1.54) is 44.9 Å². The molecular weight excluding hydrogens is 186 g/mol. The van der Waals surface area contributed by atoms with Crippen LogP contribution in [0.2, 0.25) is 0 Å². The summed E-state index contributed by atoms with van der Waals surface area (Å²) < 4.78 is 5.61. The fraction of sp³-hybridized carbons (Fsp3) is 1.00. The molecule has 3 fully saturated rings. The normalized spacial score (nSPS) is 46.4. The van der Waals surface area contributed by atoms with Gasteiger partial charge in [0.1, 0.15) is 0 Å². The Hall–Kier alpha value is -0.0800. The van der Waals surface area contributed by atoms with Crippen molar-refractivity contribution in [1.82, 2.24) is 5.32 Å². The van der Waals surface area contributed by atoms with Crippen LogP contribution < -0.4 is 5.32 Å². The summed E-state index contributed by atoms with van der Waals surface area (Å²) in [5.74, 6) is 1.81. The summed E-state index contributed by atoms with van der Waals surface area (Å²) in [5, 5.41) is 3.91. The number of piperidine rings is 1. The molecule has 2 aliphatic heterocycles. The summed E-state index contributed by atoms with van der Waals surface area (Å²) in [6.07, 6.45) is 9.89. The second kappa shape index (κ2) is 4.42. The van der Waals surface area contributed by atoms with Gasteiger partial charge in [-0.2, -0.15) is 0 Å². The SMILES string of the molecule is C1COCC(C2CCC3CCCC3N2)C1. The smallest absolute Gasteiger partial charge is 0.0509 e. The van der Waals surface area contributed by atoms with Gasteiger partial charge in [-0.05, 0) is 50.4 Å².